The quantitative estimate of drug-likeness (QED) is 0.502. The second-order valence-corrected chi connectivity index (χ2v) is 8.13. The minimum Gasteiger partial charge on any atom is -0.359 e. The number of carbonyl (C=O) groups is 1. The second kappa shape index (κ2) is 7.53. The molecule has 1 amide bonds. The fourth-order valence-corrected chi connectivity index (χ4v) is 2.93. The number of aryl methyl sites for hydroxylation is 1. The zero-order valence-corrected chi connectivity index (χ0v) is 17.4. The molecule has 0 fully saturated rings. The van der Waals surface area contributed by atoms with Gasteiger partial charge in [0, 0.05) is 28.8 Å². The van der Waals surface area contributed by atoms with Crippen molar-refractivity contribution in [2.45, 2.75) is 33.1 Å². The third-order valence-electron chi connectivity index (χ3n) is 4.73. The summed E-state index contributed by atoms with van der Waals surface area (Å²) in [6.07, 6.45) is 3.67. The number of benzene rings is 1. The van der Waals surface area contributed by atoms with Crippen molar-refractivity contribution >= 4 is 17.4 Å². The van der Waals surface area contributed by atoms with Crippen LogP contribution < -0.4 is 5.32 Å². The average Bonchev–Trinajstić information content (AvgIpc) is 3.34. The number of anilines is 1. The lowest BCUT2D eigenvalue weighted by molar-refractivity contribution is 0.102. The van der Waals surface area contributed by atoms with E-state index in [1.165, 1.54) is 0 Å². The normalized spacial score (nSPS) is 11.2. The van der Waals surface area contributed by atoms with Crippen LogP contribution in [0.2, 0.25) is 0 Å². The number of hydrogen-bond acceptors (Lipinski definition) is 4. The number of pyridine rings is 1. The summed E-state index contributed by atoms with van der Waals surface area (Å²) in [6.45, 7) is 8.03. The molecule has 4 rings (SSSR count). The lowest BCUT2D eigenvalue weighted by atomic mass is 9.93. The summed E-state index contributed by atoms with van der Waals surface area (Å²) < 4.78 is 7.26. The summed E-state index contributed by atoms with van der Waals surface area (Å²) in [6, 6.07) is 13.0. The van der Waals surface area contributed by atoms with Crippen LogP contribution in [-0.2, 0) is 5.41 Å². The molecule has 1 aromatic carbocycles. The first-order valence-corrected chi connectivity index (χ1v) is 9.64. The predicted octanol–water partition coefficient (Wildman–Crippen LogP) is 4.58. The Bertz CT molecular complexity index is 1300. The van der Waals surface area contributed by atoms with E-state index < -0.39 is 0 Å². The molecule has 0 bridgehead atoms. The number of aromatic nitrogens is 3. The summed E-state index contributed by atoms with van der Waals surface area (Å²) in [5, 5.41) is 6.73. The molecule has 0 radical (unpaired) electrons. The first kappa shape index (κ1) is 19.5. The van der Waals surface area contributed by atoms with Gasteiger partial charge in [-0.05, 0) is 42.7 Å². The van der Waals surface area contributed by atoms with Crippen LogP contribution in [0.1, 0.15) is 53.7 Å². The van der Waals surface area contributed by atoms with Crippen LogP contribution in [0.3, 0.4) is 0 Å². The predicted molar refractivity (Wildman–Crippen MR) is 116 cm³/mol. The Hall–Kier alpha value is -3.85. The lowest BCUT2D eigenvalue weighted by Gasteiger charge is -2.12. The molecule has 0 saturated carbocycles. The van der Waals surface area contributed by atoms with Crippen molar-refractivity contribution in [1.29, 1.82) is 0 Å². The smallest absolute Gasteiger partial charge is 0.256 e. The average molecular weight is 398 g/mol. The van der Waals surface area contributed by atoms with E-state index in [-0.39, 0.29) is 11.3 Å². The number of nitrogens with one attached hydrogen (secondary N) is 1. The molecule has 6 nitrogen and oxygen atoms in total. The number of fused-ring (bicyclic) bond motifs is 1. The van der Waals surface area contributed by atoms with E-state index in [1.54, 1.807) is 24.4 Å². The molecule has 30 heavy (non-hydrogen) atoms. The highest BCUT2D eigenvalue weighted by molar-refractivity contribution is 6.04. The fourth-order valence-electron chi connectivity index (χ4n) is 2.93. The van der Waals surface area contributed by atoms with Crippen molar-refractivity contribution < 1.29 is 9.32 Å². The molecule has 150 valence electrons. The number of nitrogens with zero attached hydrogens (tertiary/aromatic N) is 3. The van der Waals surface area contributed by atoms with Gasteiger partial charge in [0.15, 0.2) is 5.82 Å². The van der Waals surface area contributed by atoms with E-state index in [0.29, 0.717) is 17.1 Å². The van der Waals surface area contributed by atoms with Gasteiger partial charge in [-0.15, -0.1) is 0 Å². The zero-order valence-electron chi connectivity index (χ0n) is 17.4. The fraction of sp³-hybridized carbons (Fsp3) is 0.208. The highest BCUT2D eigenvalue weighted by Gasteiger charge is 2.20. The highest BCUT2D eigenvalue weighted by Crippen LogP contribution is 2.24. The third-order valence-corrected chi connectivity index (χ3v) is 4.73. The maximum Gasteiger partial charge on any atom is 0.256 e. The number of rotatable bonds is 2. The van der Waals surface area contributed by atoms with Crippen LogP contribution in [0.4, 0.5) is 5.82 Å². The van der Waals surface area contributed by atoms with E-state index in [4.69, 9.17) is 4.52 Å². The molecule has 1 N–H and O–H groups in total. The molecule has 3 aromatic heterocycles. The minimum absolute atomic E-state index is 0.180. The van der Waals surface area contributed by atoms with Crippen molar-refractivity contribution in [1.82, 2.24) is 14.5 Å². The number of imidazole rings is 1. The molecule has 0 aliphatic heterocycles. The van der Waals surface area contributed by atoms with Gasteiger partial charge >= 0.3 is 0 Å². The van der Waals surface area contributed by atoms with Gasteiger partial charge in [-0.25, -0.2) is 4.98 Å². The van der Waals surface area contributed by atoms with Gasteiger partial charge in [-0.2, -0.15) is 0 Å². The molecule has 3 heterocycles. The van der Waals surface area contributed by atoms with E-state index in [0.717, 1.165) is 22.5 Å². The summed E-state index contributed by atoms with van der Waals surface area (Å²) in [5.74, 6) is 7.16. The minimum atomic E-state index is -0.262. The van der Waals surface area contributed by atoms with Crippen molar-refractivity contribution in [3.8, 4) is 11.8 Å². The van der Waals surface area contributed by atoms with Gasteiger partial charge in [-0.1, -0.05) is 44.0 Å². The first-order valence-electron chi connectivity index (χ1n) is 9.64. The van der Waals surface area contributed by atoms with Gasteiger partial charge < -0.3 is 9.84 Å². The van der Waals surface area contributed by atoms with Crippen LogP contribution in [0.5, 0.6) is 0 Å². The highest BCUT2D eigenvalue weighted by atomic mass is 16.5. The first-order chi connectivity index (χ1) is 14.3. The Morgan fingerprint density at radius 2 is 1.97 bits per heavy atom. The molecule has 0 spiro atoms. The van der Waals surface area contributed by atoms with Crippen molar-refractivity contribution in [2.75, 3.05) is 5.32 Å². The third kappa shape index (κ3) is 3.96. The van der Waals surface area contributed by atoms with Crippen LogP contribution in [-0.4, -0.2) is 20.4 Å². The Labute approximate surface area is 174 Å². The maximum atomic E-state index is 12.7. The molecule has 0 aliphatic rings. The Morgan fingerprint density at radius 1 is 1.13 bits per heavy atom. The second-order valence-electron chi connectivity index (χ2n) is 8.13. The number of hydrogen-bond donors (Lipinski definition) is 1. The van der Waals surface area contributed by atoms with Gasteiger partial charge in [0.05, 0.1) is 6.20 Å². The topological polar surface area (TPSA) is 72.4 Å². The molecule has 0 unspecified atom stereocenters. The van der Waals surface area contributed by atoms with E-state index in [1.807, 2.05) is 62.6 Å². The molecule has 0 saturated heterocycles. The van der Waals surface area contributed by atoms with Crippen LogP contribution in [0, 0.1) is 18.8 Å². The summed E-state index contributed by atoms with van der Waals surface area (Å²) in [7, 11) is 0. The molecule has 0 atom stereocenters. The summed E-state index contributed by atoms with van der Waals surface area (Å²) in [5.41, 5.74) is 3.73. The SMILES string of the molecule is Cc1ccc(C(=O)Nc2cc(C(C)(C)C)on2)cc1C#Cc1cnc2ccccn12. The lowest BCUT2D eigenvalue weighted by Crippen LogP contribution is -2.13. The standard InChI is InChI=1S/C24H22N4O2/c1-16-8-9-18(23(29)26-21-14-20(30-27-21)24(2,3)4)13-17(16)10-11-19-15-25-22-7-5-6-12-28(19)22/h5-9,12-15H,1-4H3,(H,26,27,29). The molecule has 4 aromatic rings. The van der Waals surface area contributed by atoms with Gasteiger partial charge in [0.2, 0.25) is 0 Å². The van der Waals surface area contributed by atoms with E-state index in [2.05, 4.69) is 27.3 Å². The van der Waals surface area contributed by atoms with Crippen LogP contribution in [0.15, 0.2) is 59.4 Å². The number of carbonyl (C=O) groups excluding carboxylic acids is 1. The molecule has 6 heteroatoms. The molecular formula is C24H22N4O2. The van der Waals surface area contributed by atoms with Gasteiger partial charge in [0.1, 0.15) is 17.1 Å². The Kier molecular flexibility index (Phi) is 4.88. The molecular weight excluding hydrogens is 376 g/mol. The molecule has 0 aliphatic carbocycles. The van der Waals surface area contributed by atoms with Gasteiger partial charge in [0.25, 0.3) is 5.91 Å². The summed E-state index contributed by atoms with van der Waals surface area (Å²) >= 11 is 0. The number of amides is 1. The Morgan fingerprint density at radius 3 is 2.73 bits per heavy atom. The van der Waals surface area contributed by atoms with Crippen molar-refractivity contribution in [3.63, 3.8) is 0 Å². The monoisotopic (exact) mass is 398 g/mol. The largest absolute Gasteiger partial charge is 0.359 e. The maximum absolute atomic E-state index is 12.7. The van der Waals surface area contributed by atoms with E-state index in [9.17, 15) is 4.79 Å². The zero-order chi connectivity index (χ0) is 21.3. The summed E-state index contributed by atoms with van der Waals surface area (Å²) in [4.78, 5) is 17.0. The van der Waals surface area contributed by atoms with Gasteiger partial charge in [-0.3, -0.25) is 9.20 Å². The van der Waals surface area contributed by atoms with Crippen LogP contribution in [0.25, 0.3) is 5.65 Å². The Balaban J connectivity index is 1.58. The van der Waals surface area contributed by atoms with Crippen LogP contribution >= 0.6 is 0 Å². The van der Waals surface area contributed by atoms with Crippen molar-refractivity contribution in [3.05, 3.63) is 83.0 Å². The van der Waals surface area contributed by atoms with Crippen molar-refractivity contribution in [2.24, 2.45) is 0 Å². The van der Waals surface area contributed by atoms with E-state index >= 15 is 0 Å².